The summed E-state index contributed by atoms with van der Waals surface area (Å²) in [6.45, 7) is 9.22. The fourth-order valence-electron chi connectivity index (χ4n) is 3.16. The number of nitrogens with two attached hydrogens (primary N) is 1. The zero-order valence-electron chi connectivity index (χ0n) is 13.2. The molecule has 2 heterocycles. The van der Waals surface area contributed by atoms with Gasteiger partial charge in [0.1, 0.15) is 5.03 Å². The number of anilines is 1. The number of thiophene rings is 1. The summed E-state index contributed by atoms with van der Waals surface area (Å²) in [5.74, 6) is 2.34. The summed E-state index contributed by atoms with van der Waals surface area (Å²) in [6.07, 6.45) is 3.61. The van der Waals surface area contributed by atoms with Gasteiger partial charge in [0.2, 0.25) is 0 Å². The normalized spacial score (nSPS) is 19.0. The first-order valence-electron chi connectivity index (χ1n) is 7.61. The van der Waals surface area contributed by atoms with Crippen LogP contribution < -0.4 is 5.73 Å². The maximum absolute atomic E-state index is 6.08. The second-order valence-electron chi connectivity index (χ2n) is 6.84. The Hall–Kier alpha value is -0.810. The number of fused-ring (bicyclic) bond motifs is 3. The molecule has 21 heavy (non-hydrogen) atoms. The molecule has 0 amide bonds. The zero-order valence-corrected chi connectivity index (χ0v) is 14.8. The second kappa shape index (κ2) is 5.43. The Morgan fingerprint density at radius 2 is 2.10 bits per heavy atom. The predicted molar refractivity (Wildman–Crippen MR) is 93.2 cm³/mol. The molecule has 3 rings (SSSR count). The van der Waals surface area contributed by atoms with E-state index in [2.05, 4.69) is 37.9 Å². The van der Waals surface area contributed by atoms with Crippen molar-refractivity contribution < 1.29 is 0 Å². The number of hydrogen-bond acceptors (Lipinski definition) is 5. The molecule has 1 unspecified atom stereocenters. The van der Waals surface area contributed by atoms with Crippen molar-refractivity contribution in [1.29, 1.82) is 0 Å². The Bertz CT molecular complexity index is 670. The summed E-state index contributed by atoms with van der Waals surface area (Å²) >= 11 is 3.62. The van der Waals surface area contributed by atoms with E-state index in [9.17, 15) is 0 Å². The Morgan fingerprint density at radius 1 is 1.33 bits per heavy atom. The van der Waals surface area contributed by atoms with Crippen LogP contribution in [0.3, 0.4) is 0 Å². The van der Waals surface area contributed by atoms with Gasteiger partial charge in [0, 0.05) is 10.3 Å². The van der Waals surface area contributed by atoms with Crippen molar-refractivity contribution in [2.75, 3.05) is 11.5 Å². The Morgan fingerprint density at radius 3 is 2.76 bits per heavy atom. The minimum atomic E-state index is 0.357. The second-order valence-corrected chi connectivity index (χ2v) is 9.19. The lowest BCUT2D eigenvalue weighted by Crippen LogP contribution is -2.26. The molecule has 1 atom stereocenters. The molecule has 0 spiro atoms. The number of nitrogens with zero attached hydrogens (tertiary/aromatic N) is 2. The van der Waals surface area contributed by atoms with Crippen LogP contribution in [0.5, 0.6) is 0 Å². The lowest BCUT2D eigenvalue weighted by Gasteiger charge is -2.34. The molecule has 2 aromatic rings. The molecule has 114 valence electrons. The minimum Gasteiger partial charge on any atom is -0.381 e. The van der Waals surface area contributed by atoms with Crippen LogP contribution in [-0.2, 0) is 12.8 Å². The SMILES string of the molecule is CCSc1nnc(N)c2sc3c(c12)CC(C(C)(C)C)CC3. The molecule has 0 aromatic carbocycles. The molecule has 2 N–H and O–H groups in total. The van der Waals surface area contributed by atoms with Gasteiger partial charge in [0.15, 0.2) is 5.82 Å². The summed E-state index contributed by atoms with van der Waals surface area (Å²) in [6, 6.07) is 0. The summed E-state index contributed by atoms with van der Waals surface area (Å²) in [4.78, 5) is 1.50. The van der Waals surface area contributed by atoms with E-state index < -0.39 is 0 Å². The van der Waals surface area contributed by atoms with Crippen LogP contribution in [0.25, 0.3) is 10.1 Å². The first kappa shape index (κ1) is 15.1. The summed E-state index contributed by atoms with van der Waals surface area (Å²) in [5, 5.41) is 10.9. The van der Waals surface area contributed by atoms with E-state index in [4.69, 9.17) is 5.73 Å². The van der Waals surface area contributed by atoms with Gasteiger partial charge in [-0.05, 0) is 41.9 Å². The van der Waals surface area contributed by atoms with Gasteiger partial charge in [-0.2, -0.15) is 0 Å². The third-order valence-electron chi connectivity index (χ3n) is 4.46. The van der Waals surface area contributed by atoms with Crippen LogP contribution >= 0.6 is 23.1 Å². The average Bonchev–Trinajstić information content (AvgIpc) is 2.81. The van der Waals surface area contributed by atoms with Crippen molar-refractivity contribution in [3.8, 4) is 0 Å². The fraction of sp³-hybridized carbons (Fsp3) is 0.625. The van der Waals surface area contributed by atoms with Crippen LogP contribution in [0, 0.1) is 11.3 Å². The van der Waals surface area contributed by atoms with Gasteiger partial charge >= 0.3 is 0 Å². The zero-order chi connectivity index (χ0) is 15.2. The van der Waals surface area contributed by atoms with E-state index >= 15 is 0 Å². The average molecular weight is 322 g/mol. The highest BCUT2D eigenvalue weighted by Crippen LogP contribution is 2.46. The summed E-state index contributed by atoms with van der Waals surface area (Å²) < 4.78 is 1.15. The van der Waals surface area contributed by atoms with Gasteiger partial charge in [-0.25, -0.2) is 0 Å². The van der Waals surface area contributed by atoms with Crippen LogP contribution in [-0.4, -0.2) is 16.0 Å². The van der Waals surface area contributed by atoms with E-state index in [0.717, 1.165) is 27.8 Å². The Balaban J connectivity index is 2.15. The smallest absolute Gasteiger partial charge is 0.164 e. The maximum Gasteiger partial charge on any atom is 0.164 e. The molecule has 0 saturated heterocycles. The van der Waals surface area contributed by atoms with Crippen molar-refractivity contribution in [2.45, 2.75) is 52.0 Å². The van der Waals surface area contributed by atoms with Crippen LogP contribution in [0.2, 0.25) is 0 Å². The summed E-state index contributed by atoms with van der Waals surface area (Å²) in [5.41, 5.74) is 7.94. The highest BCUT2D eigenvalue weighted by molar-refractivity contribution is 7.99. The number of nitrogen functional groups attached to an aromatic ring is 1. The molecular weight excluding hydrogens is 298 g/mol. The Kier molecular flexibility index (Phi) is 3.91. The summed E-state index contributed by atoms with van der Waals surface area (Å²) in [7, 11) is 0. The van der Waals surface area contributed by atoms with Crippen molar-refractivity contribution in [3.05, 3.63) is 10.4 Å². The molecule has 2 aromatic heterocycles. The molecule has 3 nitrogen and oxygen atoms in total. The van der Waals surface area contributed by atoms with E-state index in [1.807, 2.05) is 11.3 Å². The highest BCUT2D eigenvalue weighted by atomic mass is 32.2. The molecular formula is C16H23N3S2. The number of rotatable bonds is 2. The monoisotopic (exact) mass is 321 g/mol. The highest BCUT2D eigenvalue weighted by Gasteiger charge is 2.32. The van der Waals surface area contributed by atoms with Gasteiger partial charge in [0.05, 0.1) is 4.70 Å². The first-order chi connectivity index (χ1) is 9.91. The third-order valence-corrected chi connectivity index (χ3v) is 6.62. The van der Waals surface area contributed by atoms with Crippen LogP contribution in [0.1, 0.15) is 44.6 Å². The molecule has 0 bridgehead atoms. The van der Waals surface area contributed by atoms with Gasteiger partial charge < -0.3 is 5.73 Å². The third kappa shape index (κ3) is 2.66. The Labute approximate surface area is 134 Å². The molecule has 1 aliphatic rings. The maximum atomic E-state index is 6.08. The molecule has 1 aliphatic carbocycles. The van der Waals surface area contributed by atoms with Gasteiger partial charge in [-0.1, -0.05) is 27.7 Å². The predicted octanol–water partition coefficient (Wildman–Crippen LogP) is 4.54. The minimum absolute atomic E-state index is 0.357. The molecule has 0 radical (unpaired) electrons. The number of aromatic nitrogens is 2. The molecule has 0 fully saturated rings. The molecule has 5 heteroatoms. The fourth-order valence-corrected chi connectivity index (χ4v) is 5.21. The van der Waals surface area contributed by atoms with Crippen molar-refractivity contribution >= 4 is 39.0 Å². The van der Waals surface area contributed by atoms with Crippen molar-refractivity contribution in [3.63, 3.8) is 0 Å². The van der Waals surface area contributed by atoms with E-state index in [0.29, 0.717) is 11.2 Å². The van der Waals surface area contributed by atoms with Gasteiger partial charge in [0.25, 0.3) is 0 Å². The first-order valence-corrected chi connectivity index (χ1v) is 9.41. The molecule has 0 aliphatic heterocycles. The molecule has 0 saturated carbocycles. The van der Waals surface area contributed by atoms with E-state index in [1.54, 1.807) is 11.8 Å². The number of aryl methyl sites for hydroxylation is 1. The van der Waals surface area contributed by atoms with Crippen molar-refractivity contribution in [1.82, 2.24) is 10.2 Å². The van der Waals surface area contributed by atoms with Crippen molar-refractivity contribution in [2.24, 2.45) is 11.3 Å². The standard InChI is InChI=1S/C16H23N3S2/c1-5-20-15-12-10-8-9(16(2,3)4)6-7-11(10)21-13(12)14(17)18-19-15/h9H,5-8H2,1-4H3,(H2,17,18). The lowest BCUT2D eigenvalue weighted by molar-refractivity contribution is 0.217. The van der Waals surface area contributed by atoms with Gasteiger partial charge in [-0.15, -0.1) is 33.3 Å². The van der Waals surface area contributed by atoms with E-state index in [-0.39, 0.29) is 0 Å². The number of thioether (sulfide) groups is 1. The van der Waals surface area contributed by atoms with Crippen LogP contribution in [0.4, 0.5) is 5.82 Å². The number of hydrogen-bond donors (Lipinski definition) is 1. The van der Waals surface area contributed by atoms with Gasteiger partial charge in [-0.3, -0.25) is 0 Å². The van der Waals surface area contributed by atoms with Crippen LogP contribution in [0.15, 0.2) is 5.03 Å². The lowest BCUT2D eigenvalue weighted by atomic mass is 9.72. The van der Waals surface area contributed by atoms with E-state index in [1.165, 1.54) is 28.7 Å². The topological polar surface area (TPSA) is 51.8 Å². The quantitative estimate of drug-likeness (QED) is 0.825. The largest absolute Gasteiger partial charge is 0.381 e.